The van der Waals surface area contributed by atoms with E-state index in [9.17, 15) is 8.42 Å². The molecule has 2 N–H and O–H groups in total. The first-order valence-electron chi connectivity index (χ1n) is 8.15. The van der Waals surface area contributed by atoms with Crippen LogP contribution in [0.15, 0.2) is 29.3 Å². The largest absolute Gasteiger partial charge is 0.357 e. The molecule has 5 nitrogen and oxygen atoms in total. The first-order chi connectivity index (χ1) is 11.2. The van der Waals surface area contributed by atoms with Crippen LogP contribution in [0.25, 0.3) is 0 Å². The van der Waals surface area contributed by atoms with Crippen LogP contribution in [0.1, 0.15) is 33.3 Å². The number of nitrogens with zero attached hydrogens (tertiary/aromatic N) is 1. The zero-order valence-electron chi connectivity index (χ0n) is 14.9. The highest BCUT2D eigenvalue weighted by Crippen LogP contribution is 2.16. The van der Waals surface area contributed by atoms with E-state index in [1.54, 1.807) is 20.8 Å². The molecule has 0 heterocycles. The fraction of sp³-hybridized carbons (Fsp3) is 0.588. The molecule has 24 heavy (non-hydrogen) atoms. The molecule has 0 aliphatic carbocycles. The minimum atomic E-state index is -3.16. The van der Waals surface area contributed by atoms with Crippen LogP contribution in [0.2, 0.25) is 5.02 Å². The molecule has 0 amide bonds. The molecule has 0 aliphatic heterocycles. The number of benzene rings is 1. The van der Waals surface area contributed by atoms with Crippen molar-refractivity contribution in [1.82, 2.24) is 10.6 Å². The fourth-order valence-corrected chi connectivity index (χ4v) is 3.12. The van der Waals surface area contributed by atoms with Crippen molar-refractivity contribution in [2.24, 2.45) is 4.99 Å². The maximum Gasteiger partial charge on any atom is 0.191 e. The van der Waals surface area contributed by atoms with E-state index >= 15 is 0 Å². The van der Waals surface area contributed by atoms with E-state index < -0.39 is 14.6 Å². The summed E-state index contributed by atoms with van der Waals surface area (Å²) in [6.45, 7) is 8.71. The number of halogens is 1. The average Bonchev–Trinajstić information content (AvgIpc) is 2.48. The zero-order chi connectivity index (χ0) is 18.2. The van der Waals surface area contributed by atoms with Gasteiger partial charge in [0.25, 0.3) is 0 Å². The van der Waals surface area contributed by atoms with E-state index in [2.05, 4.69) is 15.6 Å². The van der Waals surface area contributed by atoms with Gasteiger partial charge in [0.15, 0.2) is 15.8 Å². The predicted octanol–water partition coefficient (Wildman–Crippen LogP) is 2.65. The Morgan fingerprint density at radius 1 is 1.21 bits per heavy atom. The molecule has 0 spiro atoms. The van der Waals surface area contributed by atoms with E-state index in [4.69, 9.17) is 11.6 Å². The Kier molecular flexibility index (Phi) is 8.03. The molecule has 0 aliphatic rings. The van der Waals surface area contributed by atoms with Gasteiger partial charge in [-0.25, -0.2) is 8.42 Å². The smallest absolute Gasteiger partial charge is 0.191 e. The molecule has 0 unspecified atom stereocenters. The van der Waals surface area contributed by atoms with Gasteiger partial charge in [-0.15, -0.1) is 0 Å². The summed E-state index contributed by atoms with van der Waals surface area (Å²) >= 11 is 6.14. The first-order valence-corrected chi connectivity index (χ1v) is 10.2. The van der Waals surface area contributed by atoms with E-state index in [0.717, 1.165) is 17.0 Å². The average molecular weight is 374 g/mol. The lowest BCUT2D eigenvalue weighted by Gasteiger charge is -2.18. The highest BCUT2D eigenvalue weighted by atomic mass is 35.5. The second-order valence-corrected chi connectivity index (χ2v) is 9.73. The predicted molar refractivity (Wildman–Crippen MR) is 103 cm³/mol. The summed E-state index contributed by atoms with van der Waals surface area (Å²) in [7, 11) is -3.16. The van der Waals surface area contributed by atoms with Crippen molar-refractivity contribution in [2.45, 2.75) is 38.9 Å². The van der Waals surface area contributed by atoms with Crippen LogP contribution in [0.5, 0.6) is 0 Å². The van der Waals surface area contributed by atoms with Crippen LogP contribution in [-0.2, 0) is 16.3 Å². The van der Waals surface area contributed by atoms with E-state index in [1.165, 1.54) is 0 Å². The molecule has 136 valence electrons. The van der Waals surface area contributed by atoms with Crippen molar-refractivity contribution in [2.75, 3.05) is 25.4 Å². The standard InChI is InChI=1S/C17H28ClN3O2S/c1-5-19-16(21-12-13-24(22,23)17(2,3)4)20-11-10-14-8-6-7-9-15(14)18/h6-9H,5,10-13H2,1-4H3,(H2,19,20,21). The molecule has 1 aromatic carbocycles. The lowest BCUT2D eigenvalue weighted by Crippen LogP contribution is -2.39. The summed E-state index contributed by atoms with van der Waals surface area (Å²) in [6, 6.07) is 7.72. The highest BCUT2D eigenvalue weighted by molar-refractivity contribution is 7.92. The van der Waals surface area contributed by atoms with Gasteiger partial charge in [-0.05, 0) is 45.7 Å². The van der Waals surface area contributed by atoms with Gasteiger partial charge in [-0.1, -0.05) is 29.8 Å². The Morgan fingerprint density at radius 2 is 1.88 bits per heavy atom. The summed E-state index contributed by atoms with van der Waals surface area (Å²) < 4.78 is 23.5. The van der Waals surface area contributed by atoms with Crippen molar-refractivity contribution >= 4 is 27.4 Å². The second kappa shape index (κ2) is 9.28. The number of sulfone groups is 1. The molecule has 0 fully saturated rings. The molecule has 0 aromatic heterocycles. The third kappa shape index (κ3) is 6.69. The molecule has 0 bridgehead atoms. The van der Waals surface area contributed by atoms with Crippen LogP contribution >= 0.6 is 11.6 Å². The van der Waals surface area contributed by atoms with E-state index in [-0.39, 0.29) is 12.3 Å². The van der Waals surface area contributed by atoms with Gasteiger partial charge in [-0.2, -0.15) is 0 Å². The summed E-state index contributed by atoms with van der Waals surface area (Å²) in [6.07, 6.45) is 0.768. The van der Waals surface area contributed by atoms with Crippen LogP contribution in [0.3, 0.4) is 0 Å². The number of hydrogen-bond acceptors (Lipinski definition) is 3. The Morgan fingerprint density at radius 3 is 2.46 bits per heavy atom. The molecule has 1 aromatic rings. The van der Waals surface area contributed by atoms with Gasteiger partial charge < -0.3 is 10.6 Å². The van der Waals surface area contributed by atoms with Crippen molar-refractivity contribution in [3.63, 3.8) is 0 Å². The molecule has 7 heteroatoms. The second-order valence-electron chi connectivity index (χ2n) is 6.46. The van der Waals surface area contributed by atoms with Gasteiger partial charge in [0.1, 0.15) is 0 Å². The van der Waals surface area contributed by atoms with Gasteiger partial charge >= 0.3 is 0 Å². The number of guanidine groups is 1. The number of nitrogens with one attached hydrogen (secondary N) is 2. The molecule has 0 atom stereocenters. The van der Waals surface area contributed by atoms with Crippen LogP contribution in [0, 0.1) is 0 Å². The zero-order valence-corrected chi connectivity index (χ0v) is 16.5. The lowest BCUT2D eigenvalue weighted by molar-refractivity contribution is 0.560. The van der Waals surface area contributed by atoms with Crippen molar-refractivity contribution < 1.29 is 8.42 Å². The minimum Gasteiger partial charge on any atom is -0.357 e. The molecule has 0 radical (unpaired) electrons. The number of aliphatic imine (C=N–C) groups is 1. The monoisotopic (exact) mass is 373 g/mol. The van der Waals surface area contributed by atoms with Crippen molar-refractivity contribution in [3.8, 4) is 0 Å². The summed E-state index contributed by atoms with van der Waals surface area (Å²) in [5.74, 6) is 0.658. The number of hydrogen-bond donors (Lipinski definition) is 2. The van der Waals surface area contributed by atoms with Crippen LogP contribution in [0.4, 0.5) is 0 Å². The summed E-state index contributed by atoms with van der Waals surface area (Å²) in [5, 5.41) is 7.07. The first kappa shape index (κ1) is 20.8. The Labute approximate surface area is 150 Å². The van der Waals surface area contributed by atoms with Crippen molar-refractivity contribution in [3.05, 3.63) is 34.9 Å². The maximum absolute atomic E-state index is 12.1. The van der Waals surface area contributed by atoms with Crippen LogP contribution in [-0.4, -0.2) is 44.5 Å². The fourth-order valence-electron chi connectivity index (χ4n) is 1.94. The Bertz CT molecular complexity index is 652. The molecule has 0 saturated heterocycles. The lowest BCUT2D eigenvalue weighted by atomic mass is 10.1. The SMILES string of the molecule is CCNC(=NCCS(=O)(=O)C(C)(C)C)NCCc1ccccc1Cl. The molecule has 0 saturated carbocycles. The van der Waals surface area contributed by atoms with Gasteiger partial charge in [0.05, 0.1) is 17.0 Å². The van der Waals surface area contributed by atoms with E-state index in [1.807, 2.05) is 31.2 Å². The maximum atomic E-state index is 12.1. The Balaban J connectivity index is 2.56. The third-order valence-electron chi connectivity index (χ3n) is 3.55. The van der Waals surface area contributed by atoms with Gasteiger partial charge in [-0.3, -0.25) is 4.99 Å². The normalized spacial score (nSPS) is 13.0. The van der Waals surface area contributed by atoms with Crippen LogP contribution < -0.4 is 10.6 Å². The molecular weight excluding hydrogens is 346 g/mol. The summed E-state index contributed by atoms with van der Waals surface area (Å²) in [4.78, 5) is 4.35. The van der Waals surface area contributed by atoms with Gasteiger partial charge in [0, 0.05) is 18.1 Å². The minimum absolute atomic E-state index is 0.0393. The molecular formula is C17H28ClN3O2S. The third-order valence-corrected chi connectivity index (χ3v) is 6.51. The van der Waals surface area contributed by atoms with Crippen molar-refractivity contribution in [1.29, 1.82) is 0 Å². The topological polar surface area (TPSA) is 70.6 Å². The summed E-state index contributed by atoms with van der Waals surface area (Å²) in [5.41, 5.74) is 1.07. The van der Waals surface area contributed by atoms with E-state index in [0.29, 0.717) is 19.0 Å². The number of rotatable bonds is 7. The van der Waals surface area contributed by atoms with Gasteiger partial charge in [0.2, 0.25) is 0 Å². The molecule has 1 rings (SSSR count). The quantitative estimate of drug-likeness (QED) is 0.569. The highest BCUT2D eigenvalue weighted by Gasteiger charge is 2.28. The Hall–Kier alpha value is -1.27.